The number of para-hydroxylation sites is 1. The van der Waals surface area contributed by atoms with Crippen LogP contribution in [0.2, 0.25) is 0 Å². The van der Waals surface area contributed by atoms with E-state index in [4.69, 9.17) is 4.74 Å². The first kappa shape index (κ1) is 14.2. The van der Waals surface area contributed by atoms with E-state index in [0.717, 1.165) is 18.2 Å². The van der Waals surface area contributed by atoms with Crippen molar-refractivity contribution in [1.82, 2.24) is 0 Å². The summed E-state index contributed by atoms with van der Waals surface area (Å²) in [4.78, 5) is 0. The van der Waals surface area contributed by atoms with Crippen molar-refractivity contribution in [2.75, 3.05) is 19.0 Å². The number of anilines is 1. The maximum atomic E-state index is 5.44. The van der Waals surface area contributed by atoms with Gasteiger partial charge in [-0.3, -0.25) is 0 Å². The van der Waals surface area contributed by atoms with E-state index in [1.165, 1.54) is 43.4 Å². The molecular weight excluding hydrogens is 234 g/mol. The number of unbranched alkanes of at least 4 members (excludes halogenated alkanes) is 3. The zero-order valence-corrected chi connectivity index (χ0v) is 12.5. The Kier molecular flexibility index (Phi) is 5.12. The van der Waals surface area contributed by atoms with Crippen LogP contribution in [-0.2, 0) is 0 Å². The van der Waals surface area contributed by atoms with E-state index in [2.05, 4.69) is 31.3 Å². The molecule has 0 aliphatic carbocycles. The Morgan fingerprint density at radius 1 is 1.32 bits per heavy atom. The van der Waals surface area contributed by atoms with Crippen LogP contribution in [0.15, 0.2) is 18.2 Å². The largest absolute Gasteiger partial charge is 0.495 e. The lowest BCUT2D eigenvalue weighted by Gasteiger charge is -2.19. The van der Waals surface area contributed by atoms with E-state index in [-0.39, 0.29) is 0 Å². The van der Waals surface area contributed by atoms with Gasteiger partial charge in [-0.2, -0.15) is 0 Å². The van der Waals surface area contributed by atoms with Crippen LogP contribution in [0.3, 0.4) is 0 Å². The molecule has 0 saturated heterocycles. The van der Waals surface area contributed by atoms with Crippen LogP contribution in [0.25, 0.3) is 0 Å². The quantitative estimate of drug-likeness (QED) is 0.711. The molecule has 0 bridgehead atoms. The second-order valence-electron chi connectivity index (χ2n) is 5.74. The molecule has 0 spiro atoms. The Hall–Kier alpha value is -1.18. The van der Waals surface area contributed by atoms with Crippen molar-refractivity contribution in [3.63, 3.8) is 0 Å². The molecule has 0 aromatic heterocycles. The van der Waals surface area contributed by atoms with Gasteiger partial charge >= 0.3 is 0 Å². The average molecular weight is 261 g/mol. The van der Waals surface area contributed by atoms with E-state index in [1.807, 2.05) is 6.07 Å². The SMILES string of the molecule is CCCCCCC(C)C1CNc2c(OC)cccc21. The minimum atomic E-state index is 0.645. The highest BCUT2D eigenvalue weighted by Crippen LogP contribution is 2.42. The molecule has 0 saturated carbocycles. The van der Waals surface area contributed by atoms with Crippen molar-refractivity contribution >= 4 is 5.69 Å². The van der Waals surface area contributed by atoms with Gasteiger partial charge in [0.15, 0.2) is 0 Å². The highest BCUT2D eigenvalue weighted by molar-refractivity contribution is 5.66. The van der Waals surface area contributed by atoms with E-state index in [0.29, 0.717) is 5.92 Å². The van der Waals surface area contributed by atoms with Crippen molar-refractivity contribution in [3.05, 3.63) is 23.8 Å². The predicted molar refractivity (Wildman–Crippen MR) is 82.1 cm³/mol. The second kappa shape index (κ2) is 6.83. The van der Waals surface area contributed by atoms with E-state index < -0.39 is 0 Å². The van der Waals surface area contributed by atoms with Crippen molar-refractivity contribution in [2.45, 2.75) is 51.9 Å². The van der Waals surface area contributed by atoms with E-state index in [9.17, 15) is 0 Å². The molecule has 106 valence electrons. The van der Waals surface area contributed by atoms with Crippen LogP contribution in [0.1, 0.15) is 57.4 Å². The number of rotatable bonds is 7. The lowest BCUT2D eigenvalue weighted by atomic mass is 9.85. The molecule has 1 aromatic carbocycles. The molecule has 2 unspecified atom stereocenters. The van der Waals surface area contributed by atoms with Crippen LogP contribution in [0, 0.1) is 5.92 Å². The summed E-state index contributed by atoms with van der Waals surface area (Å²) in [6.45, 7) is 5.73. The lowest BCUT2D eigenvalue weighted by molar-refractivity contribution is 0.415. The van der Waals surface area contributed by atoms with Crippen molar-refractivity contribution in [3.8, 4) is 5.75 Å². The molecule has 1 aromatic rings. The first-order valence-corrected chi connectivity index (χ1v) is 7.68. The van der Waals surface area contributed by atoms with E-state index >= 15 is 0 Å². The maximum absolute atomic E-state index is 5.44. The number of methoxy groups -OCH3 is 1. The minimum Gasteiger partial charge on any atom is -0.495 e. The van der Waals surface area contributed by atoms with Gasteiger partial charge in [-0.25, -0.2) is 0 Å². The summed E-state index contributed by atoms with van der Waals surface area (Å²) < 4.78 is 5.44. The summed E-state index contributed by atoms with van der Waals surface area (Å²) in [7, 11) is 1.75. The van der Waals surface area contributed by atoms with Crippen molar-refractivity contribution in [2.24, 2.45) is 5.92 Å². The molecule has 1 aliphatic rings. The molecule has 2 nitrogen and oxygen atoms in total. The highest BCUT2D eigenvalue weighted by atomic mass is 16.5. The predicted octanol–water partition coefficient (Wildman–Crippen LogP) is 4.81. The Bertz CT molecular complexity index is 402. The average Bonchev–Trinajstić information content (AvgIpc) is 2.87. The Labute approximate surface area is 117 Å². The minimum absolute atomic E-state index is 0.645. The van der Waals surface area contributed by atoms with Gasteiger partial charge in [0.05, 0.1) is 12.8 Å². The summed E-state index contributed by atoms with van der Waals surface area (Å²) in [5.41, 5.74) is 2.66. The molecular formula is C17H27NO. The fraction of sp³-hybridized carbons (Fsp3) is 0.647. The van der Waals surface area contributed by atoms with Crippen LogP contribution >= 0.6 is 0 Å². The molecule has 1 aliphatic heterocycles. The second-order valence-corrected chi connectivity index (χ2v) is 5.74. The summed E-state index contributed by atoms with van der Waals surface area (Å²) in [5.74, 6) is 2.38. The van der Waals surface area contributed by atoms with Crippen molar-refractivity contribution in [1.29, 1.82) is 0 Å². The van der Waals surface area contributed by atoms with Crippen LogP contribution < -0.4 is 10.1 Å². The third kappa shape index (κ3) is 3.23. The molecule has 1 N–H and O–H groups in total. The third-order valence-electron chi connectivity index (χ3n) is 4.38. The molecule has 0 fully saturated rings. The zero-order valence-electron chi connectivity index (χ0n) is 12.5. The van der Waals surface area contributed by atoms with Gasteiger partial charge in [-0.15, -0.1) is 0 Å². The number of nitrogens with one attached hydrogen (secondary N) is 1. The van der Waals surface area contributed by atoms with Gasteiger partial charge in [0, 0.05) is 12.5 Å². The first-order chi connectivity index (χ1) is 9.27. The fourth-order valence-electron chi connectivity index (χ4n) is 3.14. The standard InChI is InChI=1S/C17H27NO/c1-4-5-6-7-9-13(2)15-12-18-17-14(15)10-8-11-16(17)19-3/h8,10-11,13,15,18H,4-7,9,12H2,1-3H3. The van der Waals surface area contributed by atoms with Gasteiger partial charge in [0.1, 0.15) is 5.75 Å². The molecule has 1 heterocycles. The van der Waals surface area contributed by atoms with Gasteiger partial charge in [-0.1, -0.05) is 58.1 Å². The topological polar surface area (TPSA) is 21.3 Å². The number of ether oxygens (including phenoxy) is 1. The summed E-state index contributed by atoms with van der Waals surface area (Å²) >= 11 is 0. The van der Waals surface area contributed by atoms with Crippen LogP contribution in [0.4, 0.5) is 5.69 Å². The summed E-state index contributed by atoms with van der Waals surface area (Å²) in [6.07, 6.45) is 6.78. The molecule has 0 amide bonds. The molecule has 2 rings (SSSR count). The number of fused-ring (bicyclic) bond motifs is 1. The highest BCUT2D eigenvalue weighted by Gasteiger charge is 2.28. The van der Waals surface area contributed by atoms with Crippen LogP contribution in [-0.4, -0.2) is 13.7 Å². The fourth-order valence-corrected chi connectivity index (χ4v) is 3.14. The molecule has 19 heavy (non-hydrogen) atoms. The lowest BCUT2D eigenvalue weighted by Crippen LogP contribution is -2.12. The van der Waals surface area contributed by atoms with Gasteiger partial charge < -0.3 is 10.1 Å². The molecule has 2 atom stereocenters. The summed E-state index contributed by atoms with van der Waals surface area (Å²) in [5, 5.41) is 3.53. The number of hydrogen-bond acceptors (Lipinski definition) is 2. The van der Waals surface area contributed by atoms with Gasteiger partial charge in [-0.05, 0) is 17.5 Å². The Morgan fingerprint density at radius 2 is 2.16 bits per heavy atom. The Balaban J connectivity index is 1.97. The molecule has 0 radical (unpaired) electrons. The summed E-state index contributed by atoms with van der Waals surface area (Å²) in [6, 6.07) is 6.41. The smallest absolute Gasteiger partial charge is 0.142 e. The monoisotopic (exact) mass is 261 g/mol. The third-order valence-corrected chi connectivity index (χ3v) is 4.38. The van der Waals surface area contributed by atoms with E-state index in [1.54, 1.807) is 7.11 Å². The van der Waals surface area contributed by atoms with Crippen molar-refractivity contribution < 1.29 is 4.74 Å². The van der Waals surface area contributed by atoms with Crippen LogP contribution in [0.5, 0.6) is 5.75 Å². The number of benzene rings is 1. The number of hydrogen-bond donors (Lipinski definition) is 1. The maximum Gasteiger partial charge on any atom is 0.142 e. The molecule has 2 heteroatoms. The van der Waals surface area contributed by atoms with Gasteiger partial charge in [0.25, 0.3) is 0 Å². The Morgan fingerprint density at radius 3 is 2.89 bits per heavy atom. The van der Waals surface area contributed by atoms with Gasteiger partial charge in [0.2, 0.25) is 0 Å². The first-order valence-electron chi connectivity index (χ1n) is 7.68. The normalized spacial score (nSPS) is 18.8. The zero-order chi connectivity index (χ0) is 13.7.